The molecule has 1 aromatic heterocycles. The molecule has 2 heterocycles. The molecule has 0 amide bonds. The van der Waals surface area contributed by atoms with E-state index < -0.39 is 4.92 Å². The maximum Gasteiger partial charge on any atom is 0.332 e. The van der Waals surface area contributed by atoms with Crippen LogP contribution in [0.25, 0.3) is 0 Å². The SMILES string of the molecule is Cc1nc(N)nc(N2CCCC(CO)C2)c1[N+](=O)[O-]. The number of aromatic nitrogens is 2. The van der Waals surface area contributed by atoms with Crippen molar-refractivity contribution in [3.8, 4) is 0 Å². The van der Waals surface area contributed by atoms with Gasteiger partial charge >= 0.3 is 5.69 Å². The van der Waals surface area contributed by atoms with Gasteiger partial charge in [-0.1, -0.05) is 0 Å². The first-order valence-electron chi connectivity index (χ1n) is 6.17. The zero-order chi connectivity index (χ0) is 14.0. The van der Waals surface area contributed by atoms with Crippen LogP contribution in [0.4, 0.5) is 17.5 Å². The summed E-state index contributed by atoms with van der Waals surface area (Å²) in [5.41, 5.74) is 5.74. The number of piperidine rings is 1. The van der Waals surface area contributed by atoms with Crippen LogP contribution in [0.3, 0.4) is 0 Å². The Morgan fingerprint density at radius 3 is 2.95 bits per heavy atom. The van der Waals surface area contributed by atoms with Crippen molar-refractivity contribution in [2.24, 2.45) is 5.92 Å². The molecule has 1 fully saturated rings. The van der Waals surface area contributed by atoms with Crippen LogP contribution in [0, 0.1) is 23.0 Å². The van der Waals surface area contributed by atoms with E-state index in [2.05, 4.69) is 9.97 Å². The molecule has 0 bridgehead atoms. The fourth-order valence-corrected chi connectivity index (χ4v) is 2.41. The minimum absolute atomic E-state index is 0.0317. The number of nitrogen functional groups attached to an aromatic ring is 1. The van der Waals surface area contributed by atoms with Crippen molar-refractivity contribution >= 4 is 17.5 Å². The predicted octanol–water partition coefficient (Wildman–Crippen LogP) is 0.484. The van der Waals surface area contributed by atoms with E-state index >= 15 is 0 Å². The third-order valence-electron chi connectivity index (χ3n) is 3.32. The van der Waals surface area contributed by atoms with Gasteiger partial charge in [-0.25, -0.2) is 4.98 Å². The summed E-state index contributed by atoms with van der Waals surface area (Å²) in [6, 6.07) is 0. The topological polar surface area (TPSA) is 118 Å². The molecule has 0 saturated carbocycles. The number of anilines is 2. The molecule has 1 aromatic rings. The average Bonchev–Trinajstić information content (AvgIpc) is 2.37. The van der Waals surface area contributed by atoms with Crippen LogP contribution in [0.5, 0.6) is 0 Å². The Kier molecular flexibility index (Phi) is 3.79. The van der Waals surface area contributed by atoms with E-state index in [1.54, 1.807) is 6.92 Å². The first-order valence-corrected chi connectivity index (χ1v) is 6.17. The van der Waals surface area contributed by atoms with E-state index in [4.69, 9.17) is 5.73 Å². The van der Waals surface area contributed by atoms with Gasteiger partial charge < -0.3 is 15.7 Å². The van der Waals surface area contributed by atoms with Crippen LogP contribution >= 0.6 is 0 Å². The molecule has 8 nitrogen and oxygen atoms in total. The molecule has 0 radical (unpaired) electrons. The number of nitro groups is 1. The van der Waals surface area contributed by atoms with E-state index in [1.807, 2.05) is 4.90 Å². The summed E-state index contributed by atoms with van der Waals surface area (Å²) in [5.74, 6) is 0.405. The van der Waals surface area contributed by atoms with Crippen molar-refractivity contribution in [1.82, 2.24) is 9.97 Å². The Labute approximate surface area is 110 Å². The first kappa shape index (κ1) is 13.5. The lowest BCUT2D eigenvalue weighted by molar-refractivity contribution is -0.385. The monoisotopic (exact) mass is 267 g/mol. The molecule has 1 unspecified atom stereocenters. The molecule has 1 aliphatic heterocycles. The highest BCUT2D eigenvalue weighted by molar-refractivity contribution is 5.62. The second-order valence-corrected chi connectivity index (χ2v) is 4.73. The minimum Gasteiger partial charge on any atom is -0.396 e. The number of hydrogen-bond acceptors (Lipinski definition) is 7. The van der Waals surface area contributed by atoms with E-state index in [0.717, 1.165) is 12.8 Å². The van der Waals surface area contributed by atoms with Crippen molar-refractivity contribution in [3.63, 3.8) is 0 Å². The Hall–Kier alpha value is -1.96. The highest BCUT2D eigenvalue weighted by Gasteiger charge is 2.29. The minimum atomic E-state index is -0.479. The molecular weight excluding hydrogens is 250 g/mol. The van der Waals surface area contributed by atoms with Crippen molar-refractivity contribution in [2.45, 2.75) is 19.8 Å². The molecule has 1 aliphatic rings. The summed E-state index contributed by atoms with van der Waals surface area (Å²) >= 11 is 0. The number of aryl methyl sites for hydroxylation is 1. The molecule has 3 N–H and O–H groups in total. The molecule has 2 rings (SSSR count). The molecule has 0 aromatic carbocycles. The quantitative estimate of drug-likeness (QED) is 0.604. The van der Waals surface area contributed by atoms with Crippen LogP contribution in [0.1, 0.15) is 18.5 Å². The summed E-state index contributed by atoms with van der Waals surface area (Å²) in [6.45, 7) is 2.84. The van der Waals surface area contributed by atoms with E-state index in [-0.39, 0.29) is 35.7 Å². The van der Waals surface area contributed by atoms with Crippen molar-refractivity contribution in [1.29, 1.82) is 0 Å². The Morgan fingerprint density at radius 2 is 2.32 bits per heavy atom. The molecular formula is C11H17N5O3. The second-order valence-electron chi connectivity index (χ2n) is 4.73. The summed E-state index contributed by atoms with van der Waals surface area (Å²) in [7, 11) is 0. The van der Waals surface area contributed by atoms with Crippen LogP contribution < -0.4 is 10.6 Å². The molecule has 19 heavy (non-hydrogen) atoms. The van der Waals surface area contributed by atoms with E-state index in [1.165, 1.54) is 0 Å². The smallest absolute Gasteiger partial charge is 0.332 e. The maximum absolute atomic E-state index is 11.2. The van der Waals surface area contributed by atoms with E-state index in [0.29, 0.717) is 13.1 Å². The molecule has 0 spiro atoms. The van der Waals surface area contributed by atoms with Gasteiger partial charge in [0, 0.05) is 19.7 Å². The molecule has 8 heteroatoms. The normalized spacial score (nSPS) is 19.5. The molecule has 1 atom stereocenters. The summed E-state index contributed by atoms with van der Waals surface area (Å²) in [5, 5.41) is 20.4. The third kappa shape index (κ3) is 2.73. The highest BCUT2D eigenvalue weighted by atomic mass is 16.6. The van der Waals surface area contributed by atoms with Gasteiger partial charge in [0.2, 0.25) is 11.8 Å². The summed E-state index contributed by atoms with van der Waals surface area (Å²) in [4.78, 5) is 20.3. The van der Waals surface area contributed by atoms with Crippen molar-refractivity contribution < 1.29 is 10.0 Å². The lowest BCUT2D eigenvalue weighted by Crippen LogP contribution is -2.38. The Bertz CT molecular complexity index is 493. The Morgan fingerprint density at radius 1 is 1.58 bits per heavy atom. The number of rotatable bonds is 3. The lowest BCUT2D eigenvalue weighted by atomic mass is 9.99. The van der Waals surface area contributed by atoms with Gasteiger partial charge in [0.05, 0.1) is 4.92 Å². The largest absolute Gasteiger partial charge is 0.396 e. The number of aliphatic hydroxyl groups excluding tert-OH is 1. The first-order chi connectivity index (χ1) is 9.02. The maximum atomic E-state index is 11.2. The van der Waals surface area contributed by atoms with Gasteiger partial charge in [-0.2, -0.15) is 4.98 Å². The zero-order valence-electron chi connectivity index (χ0n) is 10.7. The predicted molar refractivity (Wildman–Crippen MR) is 69.9 cm³/mol. The fourth-order valence-electron chi connectivity index (χ4n) is 2.41. The number of nitrogens with two attached hydrogens (primary N) is 1. The third-order valence-corrected chi connectivity index (χ3v) is 3.32. The Balaban J connectivity index is 2.40. The van der Waals surface area contributed by atoms with Crippen LogP contribution in [-0.2, 0) is 0 Å². The van der Waals surface area contributed by atoms with Gasteiger partial charge in [0.25, 0.3) is 0 Å². The van der Waals surface area contributed by atoms with Crippen LogP contribution in [-0.4, -0.2) is 39.7 Å². The van der Waals surface area contributed by atoms with Gasteiger partial charge in [0.1, 0.15) is 5.69 Å². The fraction of sp³-hybridized carbons (Fsp3) is 0.636. The standard InChI is InChI=1S/C11H17N5O3/c1-7-9(16(18)19)10(14-11(12)13-7)15-4-2-3-8(5-15)6-17/h8,17H,2-6H2,1H3,(H2,12,13,14). The number of hydrogen-bond donors (Lipinski definition) is 2. The van der Waals surface area contributed by atoms with Crippen LogP contribution in [0.15, 0.2) is 0 Å². The lowest BCUT2D eigenvalue weighted by Gasteiger charge is -2.32. The summed E-state index contributed by atoms with van der Waals surface area (Å²) < 4.78 is 0. The molecule has 0 aliphatic carbocycles. The molecule has 1 saturated heterocycles. The molecule has 104 valence electrons. The van der Waals surface area contributed by atoms with Gasteiger partial charge in [-0.05, 0) is 25.7 Å². The van der Waals surface area contributed by atoms with Gasteiger partial charge in [-0.15, -0.1) is 0 Å². The number of nitrogens with zero attached hydrogens (tertiary/aromatic N) is 4. The summed E-state index contributed by atoms with van der Waals surface area (Å²) in [6.07, 6.45) is 1.78. The van der Waals surface area contributed by atoms with Crippen molar-refractivity contribution in [2.75, 3.05) is 30.3 Å². The van der Waals surface area contributed by atoms with E-state index in [9.17, 15) is 15.2 Å². The van der Waals surface area contributed by atoms with Gasteiger partial charge in [-0.3, -0.25) is 10.1 Å². The van der Waals surface area contributed by atoms with Gasteiger partial charge in [0.15, 0.2) is 0 Å². The van der Waals surface area contributed by atoms with Crippen molar-refractivity contribution in [3.05, 3.63) is 15.8 Å². The average molecular weight is 267 g/mol. The second kappa shape index (κ2) is 5.35. The van der Waals surface area contributed by atoms with Crippen LogP contribution in [0.2, 0.25) is 0 Å². The zero-order valence-corrected chi connectivity index (χ0v) is 10.7. The highest BCUT2D eigenvalue weighted by Crippen LogP contribution is 2.32. The number of aliphatic hydroxyl groups is 1.